The number of nitrogens with zero attached hydrogens (tertiary/aromatic N) is 1. The van der Waals surface area contributed by atoms with Gasteiger partial charge in [-0.2, -0.15) is 0 Å². The largest absolute Gasteiger partial charge is 0.496 e. The molecule has 1 fully saturated rings. The van der Waals surface area contributed by atoms with E-state index in [2.05, 4.69) is 10.6 Å². The summed E-state index contributed by atoms with van der Waals surface area (Å²) in [5, 5.41) is 6.14. The molecule has 0 saturated carbocycles. The number of likely N-dealkylation sites (tertiary alicyclic amines) is 1. The average Bonchev–Trinajstić information content (AvgIpc) is 2.81. The Hall–Kier alpha value is -3.02. The van der Waals surface area contributed by atoms with Crippen molar-refractivity contribution in [2.24, 2.45) is 5.92 Å². The van der Waals surface area contributed by atoms with E-state index in [1.807, 2.05) is 61.5 Å². The van der Waals surface area contributed by atoms with Crippen LogP contribution in [0.5, 0.6) is 5.75 Å². The molecule has 0 aromatic heterocycles. The van der Waals surface area contributed by atoms with Gasteiger partial charge in [0.25, 0.3) is 0 Å². The molecule has 1 unspecified atom stereocenters. The van der Waals surface area contributed by atoms with Gasteiger partial charge in [-0.15, -0.1) is 0 Å². The van der Waals surface area contributed by atoms with Crippen LogP contribution in [0.3, 0.4) is 0 Å². The number of methoxy groups -OCH3 is 1. The maximum absolute atomic E-state index is 13.1. The van der Waals surface area contributed by atoms with Crippen LogP contribution in [-0.2, 0) is 4.79 Å². The van der Waals surface area contributed by atoms with Crippen LogP contribution in [0.4, 0.5) is 4.79 Å². The predicted octanol–water partition coefficient (Wildman–Crippen LogP) is 3.73. The Kier molecular flexibility index (Phi) is 7.71. The molecule has 2 N–H and O–H groups in total. The lowest BCUT2D eigenvalue weighted by Gasteiger charge is -2.33. The molecule has 1 aliphatic heterocycles. The summed E-state index contributed by atoms with van der Waals surface area (Å²) in [4.78, 5) is 27.1. The van der Waals surface area contributed by atoms with E-state index < -0.39 is 0 Å². The van der Waals surface area contributed by atoms with Crippen molar-refractivity contribution in [1.82, 2.24) is 15.5 Å². The number of urea groups is 1. The van der Waals surface area contributed by atoms with Crippen molar-refractivity contribution in [3.8, 4) is 5.75 Å². The zero-order chi connectivity index (χ0) is 21.3. The first-order chi connectivity index (χ1) is 14.6. The molecule has 6 nitrogen and oxygen atoms in total. The van der Waals surface area contributed by atoms with Gasteiger partial charge in [-0.05, 0) is 30.9 Å². The predicted molar refractivity (Wildman–Crippen MR) is 117 cm³/mol. The van der Waals surface area contributed by atoms with E-state index >= 15 is 0 Å². The van der Waals surface area contributed by atoms with Gasteiger partial charge < -0.3 is 20.3 Å². The minimum atomic E-state index is -0.319. The number of para-hydroxylation sites is 1. The Labute approximate surface area is 178 Å². The van der Waals surface area contributed by atoms with E-state index in [-0.39, 0.29) is 23.9 Å². The van der Waals surface area contributed by atoms with Crippen LogP contribution in [0.1, 0.15) is 43.4 Å². The molecule has 2 aromatic carbocycles. The normalized spacial score (nSPS) is 15.3. The molecule has 1 atom stereocenters. The third-order valence-electron chi connectivity index (χ3n) is 5.55. The van der Waals surface area contributed by atoms with Crippen molar-refractivity contribution in [2.45, 2.75) is 32.2 Å². The lowest BCUT2D eigenvalue weighted by Crippen LogP contribution is -2.47. The van der Waals surface area contributed by atoms with E-state index in [0.29, 0.717) is 32.5 Å². The van der Waals surface area contributed by atoms with E-state index in [9.17, 15) is 9.59 Å². The SMILES string of the molecule is CCCNC(=O)C1CCN(C(=O)NC(c2ccccc2)c2ccccc2OC)CC1. The third kappa shape index (κ3) is 5.32. The zero-order valence-corrected chi connectivity index (χ0v) is 17.8. The number of piperidine rings is 1. The fourth-order valence-corrected chi connectivity index (χ4v) is 3.84. The molecular weight excluding hydrogens is 378 g/mol. The molecule has 1 saturated heterocycles. The Morgan fingerprint density at radius 3 is 2.40 bits per heavy atom. The summed E-state index contributed by atoms with van der Waals surface area (Å²) in [6.45, 7) is 3.89. The van der Waals surface area contributed by atoms with Crippen LogP contribution in [0, 0.1) is 5.92 Å². The first-order valence-electron chi connectivity index (χ1n) is 10.6. The number of carbonyl (C=O) groups excluding carboxylic acids is 2. The zero-order valence-electron chi connectivity index (χ0n) is 17.8. The molecule has 3 amide bonds. The second-order valence-electron chi connectivity index (χ2n) is 7.59. The molecule has 1 heterocycles. The molecule has 30 heavy (non-hydrogen) atoms. The fraction of sp³-hybridized carbons (Fsp3) is 0.417. The Morgan fingerprint density at radius 2 is 1.73 bits per heavy atom. The molecule has 1 aliphatic rings. The van der Waals surface area contributed by atoms with E-state index in [1.165, 1.54) is 0 Å². The van der Waals surface area contributed by atoms with E-state index in [1.54, 1.807) is 12.0 Å². The van der Waals surface area contributed by atoms with Crippen LogP contribution < -0.4 is 15.4 Å². The Balaban J connectivity index is 1.70. The highest BCUT2D eigenvalue weighted by molar-refractivity contribution is 5.80. The summed E-state index contributed by atoms with van der Waals surface area (Å²) >= 11 is 0. The first-order valence-corrected chi connectivity index (χ1v) is 10.6. The molecule has 160 valence electrons. The van der Waals surface area contributed by atoms with Gasteiger partial charge in [-0.25, -0.2) is 4.79 Å². The standard InChI is InChI=1S/C24H31N3O3/c1-3-15-25-23(28)19-13-16-27(17-14-19)24(29)26-22(18-9-5-4-6-10-18)20-11-7-8-12-21(20)30-2/h4-12,19,22H,3,13-17H2,1-2H3,(H,25,28)(H,26,29). The number of rotatable bonds is 7. The van der Waals surface area contributed by atoms with Gasteiger partial charge in [0.1, 0.15) is 5.75 Å². The summed E-state index contributed by atoms with van der Waals surface area (Å²) in [6, 6.07) is 17.2. The number of nitrogens with one attached hydrogen (secondary N) is 2. The maximum atomic E-state index is 13.1. The quantitative estimate of drug-likeness (QED) is 0.732. The third-order valence-corrected chi connectivity index (χ3v) is 5.55. The molecular formula is C24H31N3O3. The van der Waals surface area contributed by atoms with Crippen LogP contribution in [0.15, 0.2) is 54.6 Å². The van der Waals surface area contributed by atoms with E-state index in [0.717, 1.165) is 23.3 Å². The summed E-state index contributed by atoms with van der Waals surface area (Å²) < 4.78 is 5.54. The van der Waals surface area contributed by atoms with Gasteiger partial charge in [0.2, 0.25) is 5.91 Å². The first kappa shape index (κ1) is 21.7. The number of hydrogen-bond acceptors (Lipinski definition) is 3. The number of ether oxygens (including phenoxy) is 1. The minimum Gasteiger partial charge on any atom is -0.496 e. The van der Waals surface area contributed by atoms with Crippen molar-refractivity contribution in [3.05, 3.63) is 65.7 Å². The van der Waals surface area contributed by atoms with Gasteiger partial charge in [0.15, 0.2) is 0 Å². The van der Waals surface area contributed by atoms with Crippen molar-refractivity contribution < 1.29 is 14.3 Å². The second kappa shape index (κ2) is 10.7. The Bertz CT molecular complexity index is 833. The molecule has 2 aromatic rings. The van der Waals surface area contributed by atoms with Gasteiger partial charge in [-0.1, -0.05) is 55.5 Å². The lowest BCUT2D eigenvalue weighted by molar-refractivity contribution is -0.126. The summed E-state index contributed by atoms with van der Waals surface area (Å²) in [5.74, 6) is 0.825. The minimum absolute atomic E-state index is 0.0141. The summed E-state index contributed by atoms with van der Waals surface area (Å²) in [7, 11) is 1.64. The topological polar surface area (TPSA) is 70.7 Å². The average molecular weight is 410 g/mol. The molecule has 6 heteroatoms. The number of benzene rings is 2. The highest BCUT2D eigenvalue weighted by Crippen LogP contribution is 2.30. The van der Waals surface area contributed by atoms with Crippen LogP contribution in [-0.4, -0.2) is 43.6 Å². The summed E-state index contributed by atoms with van der Waals surface area (Å²) in [6.07, 6.45) is 2.30. The second-order valence-corrected chi connectivity index (χ2v) is 7.59. The van der Waals surface area contributed by atoms with Crippen molar-refractivity contribution >= 4 is 11.9 Å². The fourth-order valence-electron chi connectivity index (χ4n) is 3.84. The number of carbonyl (C=O) groups is 2. The monoisotopic (exact) mass is 409 g/mol. The Morgan fingerprint density at radius 1 is 1.07 bits per heavy atom. The van der Waals surface area contributed by atoms with Gasteiger partial charge in [-0.3, -0.25) is 4.79 Å². The van der Waals surface area contributed by atoms with Crippen molar-refractivity contribution in [2.75, 3.05) is 26.7 Å². The lowest BCUT2D eigenvalue weighted by atomic mass is 9.95. The smallest absolute Gasteiger partial charge is 0.318 e. The number of hydrogen-bond donors (Lipinski definition) is 2. The van der Waals surface area contributed by atoms with E-state index in [4.69, 9.17) is 4.74 Å². The molecule has 0 aliphatic carbocycles. The maximum Gasteiger partial charge on any atom is 0.318 e. The van der Waals surface area contributed by atoms with Gasteiger partial charge in [0, 0.05) is 31.1 Å². The molecule has 0 radical (unpaired) electrons. The van der Waals surface area contributed by atoms with Crippen LogP contribution >= 0.6 is 0 Å². The molecule has 0 bridgehead atoms. The highest BCUT2D eigenvalue weighted by atomic mass is 16.5. The van der Waals surface area contributed by atoms with Crippen LogP contribution in [0.2, 0.25) is 0 Å². The molecule has 3 rings (SSSR count). The van der Waals surface area contributed by atoms with Crippen molar-refractivity contribution in [1.29, 1.82) is 0 Å². The number of amides is 3. The van der Waals surface area contributed by atoms with Gasteiger partial charge >= 0.3 is 6.03 Å². The molecule has 0 spiro atoms. The highest BCUT2D eigenvalue weighted by Gasteiger charge is 2.29. The summed E-state index contributed by atoms with van der Waals surface area (Å²) in [5.41, 5.74) is 1.90. The van der Waals surface area contributed by atoms with Gasteiger partial charge in [0.05, 0.1) is 13.2 Å². The van der Waals surface area contributed by atoms with Crippen molar-refractivity contribution in [3.63, 3.8) is 0 Å². The van der Waals surface area contributed by atoms with Crippen LogP contribution in [0.25, 0.3) is 0 Å².